The Morgan fingerprint density at radius 3 is 1.88 bits per heavy atom. The smallest absolute Gasteiger partial charge is 0.119 e. The first-order chi connectivity index (χ1) is 20.0. The van der Waals surface area contributed by atoms with E-state index in [4.69, 9.17) is 0 Å². The summed E-state index contributed by atoms with van der Waals surface area (Å²) in [4.78, 5) is 0. The van der Waals surface area contributed by atoms with Crippen molar-refractivity contribution in [2.24, 2.45) is 0 Å². The van der Waals surface area contributed by atoms with Crippen LogP contribution in [0.15, 0.2) is 103 Å². The van der Waals surface area contributed by atoms with Crippen LogP contribution in [0.25, 0.3) is 16.7 Å². The van der Waals surface area contributed by atoms with Gasteiger partial charge in [0.1, 0.15) is 17.2 Å². The number of phenols is 3. The molecule has 1 saturated carbocycles. The largest absolute Gasteiger partial charge is 0.508 e. The van der Waals surface area contributed by atoms with Crippen LogP contribution in [0.1, 0.15) is 78.2 Å². The third-order valence-corrected chi connectivity index (χ3v) is 8.63. The molecule has 4 nitrogen and oxygen atoms in total. The molecule has 2 atom stereocenters. The molecule has 4 aromatic carbocycles. The third-order valence-electron chi connectivity index (χ3n) is 8.63. The van der Waals surface area contributed by atoms with Gasteiger partial charge in [-0.25, -0.2) is 0 Å². The Balaban J connectivity index is 1.47. The minimum Gasteiger partial charge on any atom is -0.508 e. The van der Waals surface area contributed by atoms with Crippen LogP contribution in [0.4, 0.5) is 0 Å². The fourth-order valence-corrected chi connectivity index (χ4v) is 6.33. The summed E-state index contributed by atoms with van der Waals surface area (Å²) in [6.07, 6.45) is 12.1. The summed E-state index contributed by atoms with van der Waals surface area (Å²) < 4.78 is 0. The molecule has 6 rings (SSSR count). The molecule has 0 aliphatic heterocycles. The first kappa shape index (κ1) is 26.9. The van der Waals surface area contributed by atoms with Crippen LogP contribution in [0.2, 0.25) is 0 Å². The molecular formula is C37H36O4. The third kappa shape index (κ3) is 5.79. The molecule has 0 bridgehead atoms. The average molecular weight is 545 g/mol. The van der Waals surface area contributed by atoms with Crippen LogP contribution in [0, 0.1) is 0 Å². The molecule has 4 N–H and O–H groups in total. The summed E-state index contributed by atoms with van der Waals surface area (Å²) in [5.74, 6) is 0.665. The van der Waals surface area contributed by atoms with Crippen LogP contribution >= 0.6 is 0 Å². The van der Waals surface area contributed by atoms with Crippen LogP contribution in [-0.2, 0) is 0 Å². The molecular weight excluding hydrogens is 508 g/mol. The summed E-state index contributed by atoms with van der Waals surface area (Å²) in [7, 11) is 0. The maximum absolute atomic E-state index is 11.2. The van der Waals surface area contributed by atoms with Gasteiger partial charge >= 0.3 is 0 Å². The Labute approximate surface area is 241 Å². The highest BCUT2D eigenvalue weighted by molar-refractivity contribution is 5.77. The SMILES string of the molecule is Oc1ccc(-c2ccc(O)c(C(c3ccc(C4CCCCC4)cc3)c3cc(C4=CCC(O)C=C4)ccc3O)c2)cc1. The second kappa shape index (κ2) is 11.7. The van der Waals surface area contributed by atoms with Crippen LogP contribution in [0.3, 0.4) is 0 Å². The normalized spacial score (nSPS) is 18.2. The number of benzene rings is 4. The van der Waals surface area contributed by atoms with Crippen molar-refractivity contribution in [2.75, 3.05) is 0 Å². The quantitative estimate of drug-likeness (QED) is 0.184. The minimum atomic E-state index is -0.481. The zero-order chi connectivity index (χ0) is 28.3. The van der Waals surface area contributed by atoms with E-state index in [1.165, 1.54) is 37.7 Å². The Bertz CT molecular complexity index is 1570. The summed E-state index contributed by atoms with van der Waals surface area (Å²) in [5, 5.41) is 42.2. The van der Waals surface area contributed by atoms with Crippen molar-refractivity contribution in [1.82, 2.24) is 0 Å². The summed E-state index contributed by atoms with van der Waals surface area (Å²) in [5.41, 5.74) is 7.49. The predicted molar refractivity (Wildman–Crippen MR) is 164 cm³/mol. The lowest BCUT2D eigenvalue weighted by Crippen LogP contribution is -2.08. The number of allylic oxidation sites excluding steroid dienone is 2. The fraction of sp³-hybridized carbons (Fsp3) is 0.243. The number of hydrogen-bond donors (Lipinski definition) is 4. The molecule has 2 unspecified atom stereocenters. The molecule has 0 aromatic heterocycles. The van der Waals surface area contributed by atoms with E-state index in [-0.39, 0.29) is 17.2 Å². The highest BCUT2D eigenvalue weighted by Crippen LogP contribution is 2.44. The van der Waals surface area contributed by atoms with Gasteiger partial charge in [0.2, 0.25) is 0 Å². The van der Waals surface area contributed by atoms with Crippen LogP contribution < -0.4 is 0 Å². The lowest BCUT2D eigenvalue weighted by molar-refractivity contribution is 0.226. The van der Waals surface area contributed by atoms with Crippen molar-refractivity contribution in [3.63, 3.8) is 0 Å². The maximum atomic E-state index is 11.2. The molecule has 1 fully saturated rings. The molecule has 0 amide bonds. The molecule has 4 aromatic rings. The first-order valence-electron chi connectivity index (χ1n) is 14.6. The Kier molecular flexibility index (Phi) is 7.67. The predicted octanol–water partition coefficient (Wildman–Crippen LogP) is 8.40. The van der Waals surface area contributed by atoms with Crippen molar-refractivity contribution in [3.8, 4) is 28.4 Å². The summed E-state index contributed by atoms with van der Waals surface area (Å²) in [6.45, 7) is 0. The lowest BCUT2D eigenvalue weighted by atomic mass is 9.80. The second-order valence-corrected chi connectivity index (χ2v) is 11.4. The van der Waals surface area contributed by atoms with E-state index in [0.717, 1.165) is 27.8 Å². The van der Waals surface area contributed by atoms with Crippen molar-refractivity contribution < 1.29 is 20.4 Å². The Morgan fingerprint density at radius 1 is 0.634 bits per heavy atom. The molecule has 2 aliphatic carbocycles. The lowest BCUT2D eigenvalue weighted by Gasteiger charge is -2.25. The van der Waals surface area contributed by atoms with E-state index in [9.17, 15) is 20.4 Å². The van der Waals surface area contributed by atoms with Gasteiger partial charge in [0, 0.05) is 17.0 Å². The number of rotatable bonds is 6. The molecule has 2 aliphatic rings. The van der Waals surface area contributed by atoms with E-state index < -0.39 is 12.0 Å². The van der Waals surface area contributed by atoms with Gasteiger partial charge in [-0.3, -0.25) is 0 Å². The molecule has 0 saturated heterocycles. The van der Waals surface area contributed by atoms with Crippen LogP contribution in [-0.4, -0.2) is 26.5 Å². The van der Waals surface area contributed by atoms with Crippen molar-refractivity contribution in [2.45, 2.75) is 56.5 Å². The number of phenolic OH excluding ortho intramolecular Hbond substituents is 3. The van der Waals surface area contributed by atoms with Crippen molar-refractivity contribution in [1.29, 1.82) is 0 Å². The Hall–Kier alpha value is -4.28. The number of aliphatic hydroxyl groups is 1. The average Bonchev–Trinajstić information content (AvgIpc) is 3.01. The molecule has 0 spiro atoms. The number of hydrogen-bond acceptors (Lipinski definition) is 4. The van der Waals surface area contributed by atoms with E-state index in [0.29, 0.717) is 23.5 Å². The van der Waals surface area contributed by atoms with Gasteiger partial charge in [-0.2, -0.15) is 0 Å². The number of aromatic hydroxyl groups is 3. The van der Waals surface area contributed by atoms with E-state index in [2.05, 4.69) is 24.3 Å². The van der Waals surface area contributed by atoms with Crippen molar-refractivity contribution in [3.05, 3.63) is 131 Å². The topological polar surface area (TPSA) is 80.9 Å². The van der Waals surface area contributed by atoms with Gasteiger partial charge in [0.05, 0.1) is 6.10 Å². The van der Waals surface area contributed by atoms with E-state index >= 15 is 0 Å². The minimum absolute atomic E-state index is 0.151. The molecule has 4 heteroatoms. The van der Waals surface area contributed by atoms with Gasteiger partial charge in [0.25, 0.3) is 0 Å². The summed E-state index contributed by atoms with van der Waals surface area (Å²) in [6, 6.07) is 26.9. The monoisotopic (exact) mass is 544 g/mol. The van der Waals surface area contributed by atoms with Gasteiger partial charge in [0.15, 0.2) is 0 Å². The van der Waals surface area contributed by atoms with E-state index in [1.807, 2.05) is 48.6 Å². The second-order valence-electron chi connectivity index (χ2n) is 11.4. The Morgan fingerprint density at radius 2 is 1.24 bits per heavy atom. The highest BCUT2D eigenvalue weighted by Gasteiger charge is 2.25. The van der Waals surface area contributed by atoms with Gasteiger partial charge in [-0.15, -0.1) is 0 Å². The summed E-state index contributed by atoms with van der Waals surface area (Å²) >= 11 is 0. The van der Waals surface area contributed by atoms with Crippen LogP contribution in [0.5, 0.6) is 17.2 Å². The molecule has 208 valence electrons. The molecule has 0 heterocycles. The molecule has 0 radical (unpaired) electrons. The standard InChI is InChI=1S/C37H36O4/c38-31-16-10-26(11-17-31)29-14-20-35(40)33(22-29)37(28-8-6-25(7-9-28)24-4-2-1-3-5-24)34-23-30(15-21-36(34)41)27-12-18-32(39)19-13-27/h6-18,20-24,32,37-41H,1-5,19H2. The maximum Gasteiger partial charge on any atom is 0.119 e. The first-order valence-corrected chi connectivity index (χ1v) is 14.6. The fourth-order valence-electron chi connectivity index (χ4n) is 6.33. The number of aliphatic hydroxyl groups excluding tert-OH is 1. The highest BCUT2D eigenvalue weighted by atomic mass is 16.3. The van der Waals surface area contributed by atoms with Crippen molar-refractivity contribution >= 4 is 5.57 Å². The molecule has 41 heavy (non-hydrogen) atoms. The zero-order valence-electron chi connectivity index (χ0n) is 23.1. The van der Waals surface area contributed by atoms with E-state index in [1.54, 1.807) is 30.3 Å². The zero-order valence-corrected chi connectivity index (χ0v) is 23.1. The van der Waals surface area contributed by atoms with Gasteiger partial charge in [-0.05, 0) is 95.0 Å². The van der Waals surface area contributed by atoms with Gasteiger partial charge in [-0.1, -0.05) is 86.0 Å². The van der Waals surface area contributed by atoms with Gasteiger partial charge < -0.3 is 20.4 Å².